The van der Waals surface area contributed by atoms with Gasteiger partial charge in [0.1, 0.15) is 11.6 Å². The first kappa shape index (κ1) is 16.6. The second-order valence-electron chi connectivity index (χ2n) is 4.15. The summed E-state index contributed by atoms with van der Waals surface area (Å²) in [5.74, 6) is 0.551. The SMILES string of the molecule is CCCOc1ccc(/C=C(\C#N)C(=O)OCC)cc1OC. The van der Waals surface area contributed by atoms with Crippen LogP contribution in [0.1, 0.15) is 25.8 Å². The maximum Gasteiger partial charge on any atom is 0.348 e. The van der Waals surface area contributed by atoms with Gasteiger partial charge in [-0.15, -0.1) is 0 Å². The molecule has 0 radical (unpaired) electrons. The van der Waals surface area contributed by atoms with E-state index in [1.165, 1.54) is 13.2 Å². The predicted octanol–water partition coefficient (Wildman–Crippen LogP) is 2.95. The molecule has 0 amide bonds. The van der Waals surface area contributed by atoms with Gasteiger partial charge in [-0.25, -0.2) is 4.79 Å². The van der Waals surface area contributed by atoms with E-state index < -0.39 is 5.97 Å². The Labute approximate surface area is 124 Å². The maximum absolute atomic E-state index is 11.6. The third-order valence-electron chi connectivity index (χ3n) is 2.58. The standard InChI is InChI=1S/C16H19NO4/c1-4-8-21-14-7-6-12(10-15(14)19-3)9-13(11-17)16(18)20-5-2/h6-7,9-10H,4-5,8H2,1-3H3/b13-9+. The molecule has 0 aliphatic rings. The molecule has 0 aromatic heterocycles. The van der Waals surface area contributed by atoms with E-state index >= 15 is 0 Å². The smallest absolute Gasteiger partial charge is 0.348 e. The molecule has 0 saturated heterocycles. The number of carbonyl (C=O) groups excluding carboxylic acids is 1. The number of nitrogens with zero attached hydrogens (tertiary/aromatic N) is 1. The monoisotopic (exact) mass is 289 g/mol. The van der Waals surface area contributed by atoms with Gasteiger partial charge in [-0.1, -0.05) is 13.0 Å². The Bertz CT molecular complexity index is 558. The van der Waals surface area contributed by atoms with Crippen molar-refractivity contribution in [2.24, 2.45) is 0 Å². The number of nitriles is 1. The van der Waals surface area contributed by atoms with E-state index in [0.717, 1.165) is 6.42 Å². The first-order chi connectivity index (χ1) is 10.2. The molecule has 1 rings (SSSR count). The minimum atomic E-state index is -0.634. The number of methoxy groups -OCH3 is 1. The van der Waals surface area contributed by atoms with Crippen molar-refractivity contribution >= 4 is 12.0 Å². The Morgan fingerprint density at radius 1 is 1.33 bits per heavy atom. The number of carbonyl (C=O) groups is 1. The van der Waals surface area contributed by atoms with Gasteiger partial charge < -0.3 is 14.2 Å². The topological polar surface area (TPSA) is 68.5 Å². The summed E-state index contributed by atoms with van der Waals surface area (Å²) in [5, 5.41) is 9.01. The number of benzene rings is 1. The highest BCUT2D eigenvalue weighted by Crippen LogP contribution is 2.29. The summed E-state index contributed by atoms with van der Waals surface area (Å²) in [6.45, 7) is 4.53. The van der Waals surface area contributed by atoms with Crippen LogP contribution in [0.5, 0.6) is 11.5 Å². The lowest BCUT2D eigenvalue weighted by molar-refractivity contribution is -0.137. The molecule has 5 heteroatoms. The number of rotatable bonds is 7. The normalized spacial score (nSPS) is 10.7. The zero-order valence-corrected chi connectivity index (χ0v) is 12.5. The fourth-order valence-electron chi connectivity index (χ4n) is 1.62. The number of hydrogen-bond acceptors (Lipinski definition) is 5. The largest absolute Gasteiger partial charge is 0.493 e. The van der Waals surface area contributed by atoms with E-state index in [2.05, 4.69) is 0 Å². The van der Waals surface area contributed by atoms with Crippen LogP contribution in [0.15, 0.2) is 23.8 Å². The van der Waals surface area contributed by atoms with Crippen molar-refractivity contribution in [1.29, 1.82) is 5.26 Å². The van der Waals surface area contributed by atoms with Crippen LogP contribution in [0.3, 0.4) is 0 Å². The molecular weight excluding hydrogens is 270 g/mol. The van der Waals surface area contributed by atoms with Gasteiger partial charge in [0.25, 0.3) is 0 Å². The van der Waals surface area contributed by atoms with Gasteiger partial charge in [0.15, 0.2) is 11.5 Å². The third-order valence-corrected chi connectivity index (χ3v) is 2.58. The molecule has 0 spiro atoms. The molecule has 0 aliphatic carbocycles. The van der Waals surface area contributed by atoms with Crippen LogP contribution in [-0.2, 0) is 9.53 Å². The molecule has 1 aromatic carbocycles. The predicted molar refractivity (Wildman–Crippen MR) is 79.0 cm³/mol. The fourth-order valence-corrected chi connectivity index (χ4v) is 1.62. The quantitative estimate of drug-likeness (QED) is 0.438. The highest BCUT2D eigenvalue weighted by Gasteiger charge is 2.11. The maximum atomic E-state index is 11.6. The second kappa shape index (κ2) is 8.64. The van der Waals surface area contributed by atoms with Crippen molar-refractivity contribution in [1.82, 2.24) is 0 Å². The zero-order chi connectivity index (χ0) is 15.7. The lowest BCUT2D eigenvalue weighted by Crippen LogP contribution is -2.06. The van der Waals surface area contributed by atoms with E-state index in [4.69, 9.17) is 19.5 Å². The summed E-state index contributed by atoms with van der Waals surface area (Å²) in [7, 11) is 1.54. The number of ether oxygens (including phenoxy) is 3. The summed E-state index contributed by atoms with van der Waals surface area (Å²) >= 11 is 0. The Morgan fingerprint density at radius 3 is 2.67 bits per heavy atom. The summed E-state index contributed by atoms with van der Waals surface area (Å²) in [6.07, 6.45) is 2.36. The van der Waals surface area contributed by atoms with Gasteiger partial charge in [0.2, 0.25) is 0 Å². The Morgan fingerprint density at radius 2 is 2.10 bits per heavy atom. The van der Waals surface area contributed by atoms with Crippen LogP contribution in [0.25, 0.3) is 6.08 Å². The summed E-state index contributed by atoms with van der Waals surface area (Å²) in [5.41, 5.74) is 0.612. The number of hydrogen-bond donors (Lipinski definition) is 0. The van der Waals surface area contributed by atoms with Crippen LogP contribution in [0, 0.1) is 11.3 Å². The van der Waals surface area contributed by atoms with E-state index in [9.17, 15) is 4.79 Å². The molecule has 0 fully saturated rings. The van der Waals surface area contributed by atoms with Crippen molar-refractivity contribution < 1.29 is 19.0 Å². The molecular formula is C16H19NO4. The minimum absolute atomic E-state index is 0.0545. The second-order valence-corrected chi connectivity index (χ2v) is 4.15. The van der Waals surface area contributed by atoms with Crippen molar-refractivity contribution in [2.45, 2.75) is 20.3 Å². The van der Waals surface area contributed by atoms with Gasteiger partial charge >= 0.3 is 5.97 Å². The molecule has 0 saturated carbocycles. The molecule has 0 atom stereocenters. The highest BCUT2D eigenvalue weighted by atomic mass is 16.5. The molecule has 1 aromatic rings. The van der Waals surface area contributed by atoms with Crippen molar-refractivity contribution in [3.8, 4) is 17.6 Å². The van der Waals surface area contributed by atoms with Gasteiger partial charge in [-0.3, -0.25) is 0 Å². The van der Waals surface area contributed by atoms with Gasteiger partial charge in [0.05, 0.1) is 20.3 Å². The van der Waals surface area contributed by atoms with Crippen LogP contribution < -0.4 is 9.47 Å². The summed E-state index contributed by atoms with van der Waals surface area (Å²) in [6, 6.07) is 7.05. The average Bonchev–Trinajstić information content (AvgIpc) is 2.51. The van der Waals surface area contributed by atoms with Gasteiger partial charge in [0, 0.05) is 0 Å². The van der Waals surface area contributed by atoms with E-state index in [-0.39, 0.29) is 12.2 Å². The highest BCUT2D eigenvalue weighted by molar-refractivity contribution is 5.97. The van der Waals surface area contributed by atoms with Crippen molar-refractivity contribution in [3.63, 3.8) is 0 Å². The van der Waals surface area contributed by atoms with Crippen LogP contribution >= 0.6 is 0 Å². The van der Waals surface area contributed by atoms with Crippen LogP contribution in [0.4, 0.5) is 0 Å². The van der Waals surface area contributed by atoms with E-state index in [1.54, 1.807) is 25.1 Å². The van der Waals surface area contributed by atoms with Gasteiger partial charge in [-0.05, 0) is 37.1 Å². The molecule has 0 N–H and O–H groups in total. The Balaban J connectivity index is 3.03. The van der Waals surface area contributed by atoms with E-state index in [0.29, 0.717) is 23.7 Å². The molecule has 5 nitrogen and oxygen atoms in total. The molecule has 0 heterocycles. The van der Waals surface area contributed by atoms with Crippen molar-refractivity contribution in [3.05, 3.63) is 29.3 Å². The first-order valence-corrected chi connectivity index (χ1v) is 6.76. The minimum Gasteiger partial charge on any atom is -0.493 e. The molecule has 0 bridgehead atoms. The lowest BCUT2D eigenvalue weighted by Gasteiger charge is -2.10. The first-order valence-electron chi connectivity index (χ1n) is 6.76. The third kappa shape index (κ3) is 4.84. The number of esters is 1. The average molecular weight is 289 g/mol. The molecule has 0 unspecified atom stereocenters. The molecule has 0 aliphatic heterocycles. The van der Waals surface area contributed by atoms with Crippen molar-refractivity contribution in [2.75, 3.05) is 20.3 Å². The molecule has 21 heavy (non-hydrogen) atoms. The lowest BCUT2D eigenvalue weighted by atomic mass is 10.1. The van der Waals surface area contributed by atoms with Crippen LogP contribution in [0.2, 0.25) is 0 Å². The van der Waals surface area contributed by atoms with E-state index in [1.807, 2.05) is 13.0 Å². The zero-order valence-electron chi connectivity index (χ0n) is 12.5. The Kier molecular flexibility index (Phi) is 6.82. The Hall–Kier alpha value is -2.48. The fraction of sp³-hybridized carbons (Fsp3) is 0.375. The van der Waals surface area contributed by atoms with Gasteiger partial charge in [-0.2, -0.15) is 5.26 Å². The summed E-state index contributed by atoms with van der Waals surface area (Å²) < 4.78 is 15.6. The summed E-state index contributed by atoms with van der Waals surface area (Å²) in [4.78, 5) is 11.6. The van der Waals surface area contributed by atoms with Crippen LogP contribution in [-0.4, -0.2) is 26.3 Å². The molecule has 112 valence electrons.